The topological polar surface area (TPSA) is 0 Å². The Morgan fingerprint density at radius 2 is 1.22 bits per heavy atom. The van der Waals surface area contributed by atoms with E-state index < -0.39 is 0 Å². The molecule has 0 spiro atoms. The van der Waals surface area contributed by atoms with Gasteiger partial charge in [-0.05, 0) is 17.7 Å². The van der Waals surface area contributed by atoms with Gasteiger partial charge in [-0.2, -0.15) is 0 Å². The zero-order chi connectivity index (χ0) is 12.4. The van der Waals surface area contributed by atoms with Crippen molar-refractivity contribution in [2.75, 3.05) is 48.8 Å². The second-order valence-electron chi connectivity index (χ2n) is 6.44. The Bertz CT molecular complexity index is 334. The Morgan fingerprint density at radius 3 is 1.56 bits per heavy atom. The highest BCUT2D eigenvalue weighted by atomic mass is 127. The van der Waals surface area contributed by atoms with Crippen LogP contribution in [-0.2, 0) is 6.42 Å². The molecule has 0 amide bonds. The van der Waals surface area contributed by atoms with Crippen LogP contribution in [0.2, 0.25) is 0 Å². The molecule has 0 aliphatic carbocycles. The molecule has 0 N–H and O–H groups in total. The van der Waals surface area contributed by atoms with Crippen LogP contribution in [0.25, 0.3) is 0 Å². The average molecular weight is 476 g/mol. The predicted octanol–water partition coefficient (Wildman–Crippen LogP) is -3.86. The lowest BCUT2D eigenvalue weighted by Gasteiger charge is -2.25. The molecule has 0 saturated carbocycles. The van der Waals surface area contributed by atoms with Crippen LogP contribution in [0.15, 0.2) is 24.3 Å². The summed E-state index contributed by atoms with van der Waals surface area (Å²) in [6.07, 6.45) is 1.15. The maximum atomic E-state index is 2.26. The molecule has 0 aliphatic heterocycles. The van der Waals surface area contributed by atoms with Crippen molar-refractivity contribution < 1.29 is 52.4 Å². The second-order valence-corrected chi connectivity index (χ2v) is 6.44. The number of hydrogen-bond donors (Lipinski definition) is 0. The summed E-state index contributed by atoms with van der Waals surface area (Å²) in [6, 6.07) is 9.00. The van der Waals surface area contributed by atoms with Gasteiger partial charge in [-0.15, -0.1) is 0 Å². The molecule has 1 aromatic rings. The first-order chi connectivity index (χ1) is 7.18. The summed E-state index contributed by atoms with van der Waals surface area (Å²) >= 11 is 0. The third-order valence-electron chi connectivity index (χ3n) is 2.78. The van der Waals surface area contributed by atoms with Gasteiger partial charge in [0.25, 0.3) is 0 Å². The molecule has 1 rings (SSSR count). The lowest BCUT2D eigenvalue weighted by Crippen LogP contribution is -3.00. The van der Waals surface area contributed by atoms with Crippen molar-refractivity contribution in [2.45, 2.75) is 6.42 Å². The molecule has 4 heteroatoms. The average Bonchev–Trinajstić information content (AvgIpc) is 2.13. The van der Waals surface area contributed by atoms with Gasteiger partial charge in [0.15, 0.2) is 0 Å². The Labute approximate surface area is 147 Å². The van der Waals surface area contributed by atoms with Gasteiger partial charge in [0.2, 0.25) is 0 Å². The van der Waals surface area contributed by atoms with Crippen LogP contribution in [0.1, 0.15) is 5.56 Å². The summed E-state index contributed by atoms with van der Waals surface area (Å²) < 4.78 is 1.91. The van der Waals surface area contributed by atoms with E-state index in [1.807, 2.05) is 0 Å². The maximum Gasteiger partial charge on any atom is 0.132 e. The number of halogens is 2. The normalized spacial score (nSPS) is 11.4. The van der Waals surface area contributed by atoms with Crippen LogP contribution in [0.4, 0.5) is 5.69 Å². The summed E-state index contributed by atoms with van der Waals surface area (Å²) in [5.74, 6) is 0. The fourth-order valence-electron chi connectivity index (χ4n) is 1.57. The Hall–Kier alpha value is 0.600. The molecule has 0 heterocycles. The molecule has 0 fully saturated rings. The van der Waals surface area contributed by atoms with Crippen molar-refractivity contribution in [1.82, 2.24) is 4.48 Å². The highest BCUT2D eigenvalue weighted by Gasteiger charge is 2.12. The van der Waals surface area contributed by atoms with E-state index in [2.05, 4.69) is 66.6 Å². The lowest BCUT2D eigenvalue weighted by molar-refractivity contribution is -0.870. The Morgan fingerprint density at radius 1 is 0.778 bits per heavy atom. The van der Waals surface area contributed by atoms with Crippen molar-refractivity contribution in [3.8, 4) is 0 Å². The van der Waals surface area contributed by atoms with Crippen molar-refractivity contribution in [3.63, 3.8) is 0 Å². The molecular weight excluding hydrogens is 450 g/mol. The van der Waals surface area contributed by atoms with Crippen LogP contribution >= 0.6 is 0 Å². The Balaban J connectivity index is 0. The van der Waals surface area contributed by atoms with Gasteiger partial charge in [-0.25, -0.2) is 0 Å². The van der Waals surface area contributed by atoms with Crippen molar-refractivity contribution in [3.05, 3.63) is 29.8 Å². The zero-order valence-corrected chi connectivity index (χ0v) is 16.7. The minimum atomic E-state index is 0. The van der Waals surface area contributed by atoms with Gasteiger partial charge < -0.3 is 52.4 Å². The van der Waals surface area contributed by atoms with E-state index in [-0.39, 0.29) is 48.0 Å². The molecule has 0 aliphatic rings. The van der Waals surface area contributed by atoms with Crippen LogP contribution < -0.4 is 52.4 Å². The summed E-state index contributed by atoms with van der Waals surface area (Å²) in [7, 11) is 13.3. The molecular formula is C14H26I2N2. The summed E-state index contributed by atoms with van der Waals surface area (Å²) in [6.45, 7) is 1.18. The molecule has 0 saturated heterocycles. The number of nitrogens with zero attached hydrogens (tertiary/aromatic N) is 2. The maximum absolute atomic E-state index is 2.26. The number of hydrogen-bond acceptors (Lipinski definition) is 0. The van der Waals surface area contributed by atoms with E-state index >= 15 is 0 Å². The van der Waals surface area contributed by atoms with Crippen LogP contribution in [0, 0.1) is 0 Å². The van der Waals surface area contributed by atoms with E-state index in [1.54, 1.807) is 0 Å². The van der Waals surface area contributed by atoms with E-state index in [4.69, 9.17) is 0 Å². The monoisotopic (exact) mass is 476 g/mol. The molecule has 0 bridgehead atoms. The quantitative estimate of drug-likeness (QED) is 0.309. The second kappa shape index (κ2) is 8.01. The van der Waals surface area contributed by atoms with Crippen molar-refractivity contribution in [1.29, 1.82) is 0 Å². The molecule has 0 aromatic heterocycles. The highest BCUT2D eigenvalue weighted by molar-refractivity contribution is 5.42. The van der Waals surface area contributed by atoms with Crippen LogP contribution in [-0.4, -0.2) is 53.3 Å². The standard InChI is InChI=1S/C14H26N2.2HI/c1-15(2,3)12-11-13-7-9-14(10-8-13)16(4,5)6;;/h7-10H,11-12H2,1-6H3;2*1H/q+2;;/p-2. The van der Waals surface area contributed by atoms with E-state index in [9.17, 15) is 0 Å². The first-order valence-electron chi connectivity index (χ1n) is 5.90. The van der Waals surface area contributed by atoms with Crippen molar-refractivity contribution >= 4 is 5.69 Å². The van der Waals surface area contributed by atoms with E-state index in [0.717, 1.165) is 15.4 Å². The number of quaternary nitrogens is 2. The SMILES string of the molecule is C[N+](C)(C)CCc1ccc([N+](C)(C)C)cc1.[I-].[I-]. The molecule has 0 radical (unpaired) electrons. The zero-order valence-electron chi connectivity index (χ0n) is 12.4. The fourth-order valence-corrected chi connectivity index (χ4v) is 1.57. The number of benzene rings is 1. The number of rotatable bonds is 4. The molecule has 1 aromatic carbocycles. The third-order valence-corrected chi connectivity index (χ3v) is 2.78. The van der Waals surface area contributed by atoms with Gasteiger partial charge in [0.1, 0.15) is 5.69 Å². The third kappa shape index (κ3) is 7.91. The smallest absolute Gasteiger partial charge is 0.132 e. The fraction of sp³-hybridized carbons (Fsp3) is 0.571. The van der Waals surface area contributed by atoms with Crippen LogP contribution in [0.5, 0.6) is 0 Å². The molecule has 0 unspecified atom stereocenters. The molecule has 2 nitrogen and oxygen atoms in total. The Kier molecular flexibility index (Phi) is 9.31. The van der Waals surface area contributed by atoms with Crippen molar-refractivity contribution in [2.24, 2.45) is 0 Å². The highest BCUT2D eigenvalue weighted by Crippen LogP contribution is 2.17. The van der Waals surface area contributed by atoms with Gasteiger partial charge >= 0.3 is 0 Å². The largest absolute Gasteiger partial charge is 1.00 e. The summed E-state index contributed by atoms with van der Waals surface area (Å²) in [5.41, 5.74) is 2.79. The number of likely N-dealkylation sites (N-methyl/N-ethyl adjacent to an activating group) is 1. The van der Waals surface area contributed by atoms with E-state index in [0.29, 0.717) is 0 Å². The summed E-state index contributed by atoms with van der Waals surface area (Å²) in [4.78, 5) is 0. The van der Waals surface area contributed by atoms with Gasteiger partial charge in [0, 0.05) is 6.42 Å². The van der Waals surface area contributed by atoms with Crippen LogP contribution in [0.3, 0.4) is 0 Å². The van der Waals surface area contributed by atoms with Gasteiger partial charge in [-0.3, -0.25) is 4.48 Å². The molecule has 106 valence electrons. The summed E-state index contributed by atoms with van der Waals surface area (Å²) in [5, 5.41) is 0. The molecule has 0 atom stereocenters. The minimum absolute atomic E-state index is 0. The predicted molar refractivity (Wildman–Crippen MR) is 72.6 cm³/mol. The van der Waals surface area contributed by atoms with Gasteiger partial charge in [0.05, 0.1) is 48.8 Å². The first kappa shape index (κ1) is 20.9. The first-order valence-corrected chi connectivity index (χ1v) is 5.90. The minimum Gasteiger partial charge on any atom is -1.00 e. The van der Waals surface area contributed by atoms with Gasteiger partial charge in [-0.1, -0.05) is 12.1 Å². The molecule has 18 heavy (non-hydrogen) atoms. The van der Waals surface area contributed by atoms with E-state index in [1.165, 1.54) is 17.8 Å². The lowest BCUT2D eigenvalue weighted by atomic mass is 10.1.